The van der Waals surface area contributed by atoms with Gasteiger partial charge in [0.15, 0.2) is 0 Å². The van der Waals surface area contributed by atoms with Crippen LogP contribution in [-0.4, -0.2) is 37.1 Å². The van der Waals surface area contributed by atoms with E-state index in [4.69, 9.17) is 4.74 Å². The number of hydrogen-bond donors (Lipinski definition) is 2. The van der Waals surface area contributed by atoms with Crippen molar-refractivity contribution in [2.75, 3.05) is 13.2 Å². The first-order chi connectivity index (χ1) is 13.0. The molecule has 3 atom stereocenters. The van der Waals surface area contributed by atoms with Gasteiger partial charge >= 0.3 is 0 Å². The van der Waals surface area contributed by atoms with Crippen molar-refractivity contribution in [3.63, 3.8) is 0 Å². The van der Waals surface area contributed by atoms with Crippen molar-refractivity contribution < 1.29 is 14.3 Å². The highest BCUT2D eigenvalue weighted by molar-refractivity contribution is 5.88. The van der Waals surface area contributed by atoms with Crippen LogP contribution in [0.1, 0.15) is 52.0 Å². The minimum Gasteiger partial charge on any atom is -0.376 e. The van der Waals surface area contributed by atoms with E-state index < -0.39 is 6.04 Å². The molecule has 1 aromatic rings. The topological polar surface area (TPSA) is 67.4 Å². The summed E-state index contributed by atoms with van der Waals surface area (Å²) >= 11 is 0. The number of hydrogen-bond acceptors (Lipinski definition) is 3. The van der Waals surface area contributed by atoms with Gasteiger partial charge in [-0.25, -0.2) is 0 Å². The van der Waals surface area contributed by atoms with E-state index in [0.29, 0.717) is 25.2 Å². The fourth-order valence-electron chi connectivity index (χ4n) is 3.57. The Morgan fingerprint density at radius 2 is 1.85 bits per heavy atom. The van der Waals surface area contributed by atoms with Gasteiger partial charge in [-0.3, -0.25) is 9.59 Å². The number of ether oxygens (including phenoxy) is 1. The summed E-state index contributed by atoms with van der Waals surface area (Å²) in [5.74, 6) is 0.327. The Labute approximate surface area is 163 Å². The molecule has 1 fully saturated rings. The van der Waals surface area contributed by atoms with Crippen LogP contribution in [0.3, 0.4) is 0 Å². The third-order valence-corrected chi connectivity index (χ3v) is 5.24. The van der Waals surface area contributed by atoms with Crippen LogP contribution in [0, 0.1) is 11.8 Å². The molecule has 150 valence electrons. The summed E-state index contributed by atoms with van der Waals surface area (Å²) in [7, 11) is 0. The van der Waals surface area contributed by atoms with Crippen molar-refractivity contribution in [3.05, 3.63) is 35.9 Å². The number of carbonyl (C=O) groups is 2. The maximum atomic E-state index is 12.5. The number of rotatable bonds is 9. The van der Waals surface area contributed by atoms with Crippen molar-refractivity contribution in [1.29, 1.82) is 0 Å². The second-order valence-corrected chi connectivity index (χ2v) is 7.91. The Balaban J connectivity index is 1.74. The molecule has 1 aliphatic rings. The number of benzene rings is 1. The second kappa shape index (κ2) is 11.1. The Morgan fingerprint density at radius 1 is 1.15 bits per heavy atom. The maximum Gasteiger partial charge on any atom is 0.242 e. The zero-order valence-corrected chi connectivity index (χ0v) is 16.9. The lowest BCUT2D eigenvalue weighted by molar-refractivity contribution is -0.130. The normalized spacial score (nSPS) is 20.9. The van der Waals surface area contributed by atoms with Crippen LogP contribution >= 0.6 is 0 Å². The number of amides is 2. The van der Waals surface area contributed by atoms with E-state index in [1.54, 1.807) is 0 Å². The van der Waals surface area contributed by atoms with E-state index >= 15 is 0 Å². The van der Waals surface area contributed by atoms with Gasteiger partial charge in [0, 0.05) is 6.54 Å². The molecule has 0 spiro atoms. The molecule has 2 amide bonds. The summed E-state index contributed by atoms with van der Waals surface area (Å²) in [6.45, 7) is 7.10. The minimum atomic E-state index is -0.533. The molecule has 27 heavy (non-hydrogen) atoms. The first-order valence-electron chi connectivity index (χ1n) is 10.2. The van der Waals surface area contributed by atoms with Crippen molar-refractivity contribution in [3.8, 4) is 0 Å². The zero-order chi connectivity index (χ0) is 19.6. The van der Waals surface area contributed by atoms with Crippen LogP contribution in [0.2, 0.25) is 0 Å². The largest absolute Gasteiger partial charge is 0.376 e. The van der Waals surface area contributed by atoms with Crippen LogP contribution in [-0.2, 0) is 20.7 Å². The van der Waals surface area contributed by atoms with Gasteiger partial charge in [0.1, 0.15) is 6.04 Å². The molecule has 0 aromatic heterocycles. The van der Waals surface area contributed by atoms with E-state index in [1.807, 2.05) is 44.2 Å². The third-order valence-electron chi connectivity index (χ3n) is 5.24. The van der Waals surface area contributed by atoms with Crippen molar-refractivity contribution in [2.24, 2.45) is 11.8 Å². The molecule has 0 bridgehead atoms. The Morgan fingerprint density at radius 3 is 2.52 bits per heavy atom. The van der Waals surface area contributed by atoms with E-state index in [2.05, 4.69) is 17.6 Å². The summed E-state index contributed by atoms with van der Waals surface area (Å²) < 4.78 is 5.94. The molecule has 0 radical (unpaired) electrons. The van der Waals surface area contributed by atoms with Gasteiger partial charge < -0.3 is 15.4 Å². The van der Waals surface area contributed by atoms with Crippen molar-refractivity contribution in [1.82, 2.24) is 10.6 Å². The molecule has 0 heterocycles. The van der Waals surface area contributed by atoms with Gasteiger partial charge in [-0.1, -0.05) is 63.9 Å². The first kappa shape index (κ1) is 21.4. The van der Waals surface area contributed by atoms with E-state index in [9.17, 15) is 9.59 Å². The lowest BCUT2D eigenvalue weighted by atomic mass is 9.88. The van der Waals surface area contributed by atoms with Gasteiger partial charge in [-0.2, -0.15) is 0 Å². The Kier molecular flexibility index (Phi) is 8.79. The quantitative estimate of drug-likeness (QED) is 0.653. The summed E-state index contributed by atoms with van der Waals surface area (Å²) in [5.41, 5.74) is 0.938. The van der Waals surface area contributed by atoms with Gasteiger partial charge in [0.05, 0.1) is 19.1 Å². The van der Waals surface area contributed by atoms with Gasteiger partial charge in [0.25, 0.3) is 0 Å². The summed E-state index contributed by atoms with van der Waals surface area (Å²) in [5, 5.41) is 5.78. The molecule has 0 aliphatic heterocycles. The number of carbonyl (C=O) groups excluding carboxylic acids is 2. The Hall–Kier alpha value is -1.88. The summed E-state index contributed by atoms with van der Waals surface area (Å²) in [6.07, 6.45) is 5.43. The van der Waals surface area contributed by atoms with Crippen molar-refractivity contribution >= 4 is 11.8 Å². The standard InChI is InChI=1S/C22H34N2O3/c1-16(2)21(24-20(25)15-18-10-5-4-6-11-18)22(26)23-13-14-27-19-12-8-7-9-17(19)3/h4-6,10-11,16-17,19,21H,7-9,12-15H2,1-3H3,(H,23,26)(H,24,25). The minimum absolute atomic E-state index is 0.0176. The van der Waals surface area contributed by atoms with E-state index in [1.165, 1.54) is 19.3 Å². The highest BCUT2D eigenvalue weighted by Gasteiger charge is 2.25. The molecule has 5 heteroatoms. The van der Waals surface area contributed by atoms with Gasteiger partial charge in [-0.05, 0) is 30.2 Å². The fourth-order valence-corrected chi connectivity index (χ4v) is 3.57. The fraction of sp³-hybridized carbons (Fsp3) is 0.636. The molecular formula is C22H34N2O3. The van der Waals surface area contributed by atoms with E-state index in [-0.39, 0.29) is 24.2 Å². The van der Waals surface area contributed by atoms with Gasteiger partial charge in [-0.15, -0.1) is 0 Å². The molecule has 5 nitrogen and oxygen atoms in total. The molecule has 1 aliphatic carbocycles. The lowest BCUT2D eigenvalue weighted by Crippen LogP contribution is -2.50. The van der Waals surface area contributed by atoms with Crippen LogP contribution in [0.15, 0.2) is 30.3 Å². The molecular weight excluding hydrogens is 340 g/mol. The lowest BCUT2D eigenvalue weighted by Gasteiger charge is -2.29. The van der Waals surface area contributed by atoms with Crippen LogP contribution < -0.4 is 10.6 Å². The predicted octanol–water partition coefficient (Wildman–Crippen LogP) is 3.08. The molecule has 2 rings (SSSR count). The average Bonchev–Trinajstić information content (AvgIpc) is 2.65. The molecule has 2 N–H and O–H groups in total. The monoisotopic (exact) mass is 374 g/mol. The summed E-state index contributed by atoms with van der Waals surface area (Å²) in [4.78, 5) is 24.8. The highest BCUT2D eigenvalue weighted by Crippen LogP contribution is 2.25. The van der Waals surface area contributed by atoms with Gasteiger partial charge in [0.2, 0.25) is 11.8 Å². The average molecular weight is 375 g/mol. The highest BCUT2D eigenvalue weighted by atomic mass is 16.5. The third kappa shape index (κ3) is 7.33. The predicted molar refractivity (Wildman–Crippen MR) is 107 cm³/mol. The maximum absolute atomic E-state index is 12.5. The Bertz CT molecular complexity index is 588. The first-order valence-corrected chi connectivity index (χ1v) is 10.2. The number of nitrogens with one attached hydrogen (secondary N) is 2. The van der Waals surface area contributed by atoms with Crippen LogP contribution in [0.5, 0.6) is 0 Å². The van der Waals surface area contributed by atoms with Crippen LogP contribution in [0.25, 0.3) is 0 Å². The van der Waals surface area contributed by atoms with Crippen molar-refractivity contribution in [2.45, 2.75) is 65.0 Å². The second-order valence-electron chi connectivity index (χ2n) is 7.91. The van der Waals surface area contributed by atoms with Crippen LogP contribution in [0.4, 0.5) is 0 Å². The summed E-state index contributed by atoms with van der Waals surface area (Å²) in [6, 6.07) is 9.02. The zero-order valence-electron chi connectivity index (χ0n) is 16.9. The molecule has 1 saturated carbocycles. The smallest absolute Gasteiger partial charge is 0.242 e. The molecule has 1 aromatic carbocycles. The molecule has 0 saturated heterocycles. The van der Waals surface area contributed by atoms with E-state index in [0.717, 1.165) is 12.0 Å². The SMILES string of the molecule is CC(C)C(NC(=O)Cc1ccccc1)C(=O)NCCOC1CCCCC1C. The molecule has 3 unspecified atom stereocenters.